The number of fused-ring (bicyclic) bond motifs is 5. The maximum Gasteiger partial charge on any atom is 0.450 e. The van der Waals surface area contributed by atoms with Crippen LogP contribution in [0, 0.1) is 11.7 Å². The number of carbonyl (C=O) groups is 1. The molecule has 2 aromatic carbocycles. The molecule has 2 bridgehead atoms. The highest BCUT2D eigenvalue weighted by Gasteiger charge is 2.50. The first-order valence-electron chi connectivity index (χ1n) is 16.3. The molecule has 4 saturated heterocycles. The smallest absolute Gasteiger partial charge is 0.450 e. The SMILES string of the molecule is O=C(C1CC2CN(c3nc(OC[C@@]45CCCN4C[C@H](F)C5)nc4c(F)c(-c5cc(O)cc6cccc(Cl)c56)ncc34)CC(C1)N2)C(F)(F)F. The number of aromatic nitrogens is 3. The fraction of sp³-hybridized carbons (Fsp3) is 0.471. The van der Waals surface area contributed by atoms with Crippen LogP contribution in [-0.2, 0) is 4.79 Å². The molecule has 2 N–H and O–H groups in total. The largest absolute Gasteiger partial charge is 0.508 e. The molecular weight excluding hydrogens is 671 g/mol. The number of anilines is 1. The van der Waals surface area contributed by atoms with Gasteiger partial charge in [0, 0.05) is 66.2 Å². The summed E-state index contributed by atoms with van der Waals surface area (Å²) < 4.78 is 77.3. The Bertz CT molecular complexity index is 1970. The minimum atomic E-state index is -4.91. The number of piperidine rings is 1. The van der Waals surface area contributed by atoms with E-state index in [1.807, 2.05) is 4.90 Å². The van der Waals surface area contributed by atoms with Crippen molar-refractivity contribution in [2.45, 2.75) is 62.1 Å². The van der Waals surface area contributed by atoms with Gasteiger partial charge in [0.2, 0.25) is 5.78 Å². The predicted molar refractivity (Wildman–Crippen MR) is 172 cm³/mol. The zero-order chi connectivity index (χ0) is 34.2. The zero-order valence-electron chi connectivity index (χ0n) is 26.1. The number of hydrogen-bond acceptors (Lipinski definition) is 9. The van der Waals surface area contributed by atoms with Crippen molar-refractivity contribution in [3.05, 3.63) is 47.4 Å². The number of rotatable bonds is 6. The van der Waals surface area contributed by atoms with E-state index in [4.69, 9.17) is 21.3 Å². The molecule has 4 aromatic rings. The number of pyridine rings is 1. The van der Waals surface area contributed by atoms with E-state index in [0.717, 1.165) is 19.4 Å². The Kier molecular flexibility index (Phi) is 7.83. The Balaban J connectivity index is 1.20. The molecule has 6 heterocycles. The van der Waals surface area contributed by atoms with Gasteiger partial charge in [0.05, 0.1) is 10.9 Å². The minimum absolute atomic E-state index is 0.0113. The Morgan fingerprint density at radius 2 is 1.92 bits per heavy atom. The number of ketones is 1. The molecule has 9 nitrogen and oxygen atoms in total. The number of Topliss-reactive ketones (excluding diaryl/α,β-unsaturated/α-hetero) is 1. The highest BCUT2D eigenvalue weighted by atomic mass is 35.5. The highest BCUT2D eigenvalue weighted by molar-refractivity contribution is 6.36. The van der Waals surface area contributed by atoms with Gasteiger partial charge in [-0.25, -0.2) is 8.78 Å². The molecule has 2 unspecified atom stereocenters. The minimum Gasteiger partial charge on any atom is -0.508 e. The van der Waals surface area contributed by atoms with Gasteiger partial charge in [-0.3, -0.25) is 14.7 Å². The Labute approximate surface area is 282 Å². The molecule has 4 fully saturated rings. The lowest BCUT2D eigenvalue weighted by Gasteiger charge is -2.45. The van der Waals surface area contributed by atoms with Crippen molar-refractivity contribution in [1.82, 2.24) is 25.2 Å². The molecule has 4 aliphatic heterocycles. The summed E-state index contributed by atoms with van der Waals surface area (Å²) in [5.74, 6) is -3.51. The predicted octanol–water partition coefficient (Wildman–Crippen LogP) is 5.99. The van der Waals surface area contributed by atoms with Crippen LogP contribution in [0.15, 0.2) is 36.5 Å². The fourth-order valence-corrected chi connectivity index (χ4v) is 8.73. The summed E-state index contributed by atoms with van der Waals surface area (Å²) in [4.78, 5) is 29.7. The van der Waals surface area contributed by atoms with E-state index in [2.05, 4.69) is 20.2 Å². The van der Waals surface area contributed by atoms with Gasteiger partial charge >= 0.3 is 12.2 Å². The maximum atomic E-state index is 16.8. The standard InChI is InChI=1S/C34H32ClF5N6O3/c35-25-4-1-3-17-9-22(47)10-23(26(17)25)28-27(37)29-24(12-41-28)31(44-32(43-29)49-16-33-5-2-6-46(33)13-19(36)11-33)45-14-20-7-18(8-21(15-45)42-20)30(48)34(38,39)40/h1,3-4,9-10,12,18-21,42,47H,2,5-8,11,13-16H2/t18?,19-,20?,21?,33+/m1/s1. The summed E-state index contributed by atoms with van der Waals surface area (Å²) in [7, 11) is 0. The second kappa shape index (κ2) is 11.9. The van der Waals surface area contributed by atoms with Crippen LogP contribution in [0.2, 0.25) is 5.02 Å². The number of phenolic OH excluding ortho intramolecular Hbond substituents is 1. The molecule has 2 aromatic heterocycles. The van der Waals surface area contributed by atoms with Gasteiger partial charge in [0.15, 0.2) is 5.82 Å². The Morgan fingerprint density at radius 3 is 2.67 bits per heavy atom. The van der Waals surface area contributed by atoms with Crippen LogP contribution in [0.4, 0.5) is 27.8 Å². The number of carbonyl (C=O) groups excluding carboxylic acids is 1. The van der Waals surface area contributed by atoms with E-state index in [1.165, 1.54) is 18.3 Å². The third kappa shape index (κ3) is 5.71. The van der Waals surface area contributed by atoms with E-state index >= 15 is 4.39 Å². The number of aromatic hydroxyl groups is 1. The summed E-state index contributed by atoms with van der Waals surface area (Å²) in [6, 6.07) is 6.95. The van der Waals surface area contributed by atoms with Gasteiger partial charge in [0.25, 0.3) is 0 Å². The lowest BCUT2D eigenvalue weighted by atomic mass is 9.82. The maximum absolute atomic E-state index is 16.8. The van der Waals surface area contributed by atoms with E-state index in [1.54, 1.807) is 18.2 Å². The van der Waals surface area contributed by atoms with Crippen LogP contribution >= 0.6 is 11.6 Å². The topological polar surface area (TPSA) is 104 Å². The molecule has 4 atom stereocenters. The highest BCUT2D eigenvalue weighted by Crippen LogP contribution is 2.42. The first kappa shape index (κ1) is 32.3. The van der Waals surface area contributed by atoms with Crippen molar-refractivity contribution < 1.29 is 36.6 Å². The second-order valence-corrected chi connectivity index (χ2v) is 14.1. The van der Waals surface area contributed by atoms with Gasteiger partial charge in [-0.15, -0.1) is 0 Å². The lowest BCUT2D eigenvalue weighted by molar-refractivity contribution is -0.177. The van der Waals surface area contributed by atoms with Gasteiger partial charge in [-0.05, 0) is 55.8 Å². The van der Waals surface area contributed by atoms with Crippen molar-refractivity contribution in [3.8, 4) is 23.0 Å². The van der Waals surface area contributed by atoms with E-state index < -0.39 is 47.5 Å². The first-order valence-corrected chi connectivity index (χ1v) is 16.7. The molecule has 4 aliphatic rings. The molecular formula is C34H32ClF5N6O3. The summed E-state index contributed by atoms with van der Waals surface area (Å²) in [6.07, 6.45) is -2.56. The van der Waals surface area contributed by atoms with E-state index in [0.29, 0.717) is 28.8 Å². The summed E-state index contributed by atoms with van der Waals surface area (Å²) in [5, 5.41) is 15.5. The average molecular weight is 703 g/mol. The van der Waals surface area contributed by atoms with Crippen LogP contribution in [0.1, 0.15) is 32.1 Å². The number of phenols is 1. The van der Waals surface area contributed by atoms with Gasteiger partial charge < -0.3 is 20.1 Å². The fourth-order valence-electron chi connectivity index (χ4n) is 8.45. The lowest BCUT2D eigenvalue weighted by Crippen LogP contribution is -2.62. The van der Waals surface area contributed by atoms with Crippen molar-refractivity contribution >= 4 is 44.9 Å². The quantitative estimate of drug-likeness (QED) is 0.235. The van der Waals surface area contributed by atoms with Crippen LogP contribution in [0.5, 0.6) is 11.8 Å². The number of halogens is 6. The van der Waals surface area contributed by atoms with Gasteiger partial charge in [0.1, 0.15) is 35.6 Å². The van der Waals surface area contributed by atoms with E-state index in [-0.39, 0.29) is 72.3 Å². The molecule has 0 radical (unpaired) electrons. The van der Waals surface area contributed by atoms with Crippen LogP contribution in [0.3, 0.4) is 0 Å². The Morgan fingerprint density at radius 1 is 1.14 bits per heavy atom. The average Bonchev–Trinajstić information content (AvgIpc) is 3.57. The van der Waals surface area contributed by atoms with Crippen LogP contribution in [0.25, 0.3) is 32.9 Å². The number of hydrogen-bond donors (Lipinski definition) is 2. The molecule has 15 heteroatoms. The molecule has 49 heavy (non-hydrogen) atoms. The molecule has 0 aliphatic carbocycles. The van der Waals surface area contributed by atoms with Crippen LogP contribution < -0.4 is 15.0 Å². The number of benzene rings is 2. The summed E-state index contributed by atoms with van der Waals surface area (Å²) >= 11 is 6.54. The molecule has 0 spiro atoms. The van der Waals surface area contributed by atoms with E-state index in [9.17, 15) is 27.5 Å². The number of alkyl halides is 4. The number of ether oxygens (including phenoxy) is 1. The third-order valence-electron chi connectivity index (χ3n) is 10.5. The molecule has 258 valence electrons. The summed E-state index contributed by atoms with van der Waals surface area (Å²) in [6.45, 7) is 1.55. The van der Waals surface area contributed by atoms with Crippen molar-refractivity contribution in [2.75, 3.05) is 37.7 Å². The second-order valence-electron chi connectivity index (χ2n) is 13.7. The van der Waals surface area contributed by atoms with Crippen molar-refractivity contribution in [1.29, 1.82) is 0 Å². The monoisotopic (exact) mass is 702 g/mol. The van der Waals surface area contributed by atoms with Crippen molar-refractivity contribution in [3.63, 3.8) is 0 Å². The number of piperazine rings is 1. The van der Waals surface area contributed by atoms with Crippen molar-refractivity contribution in [2.24, 2.45) is 5.92 Å². The third-order valence-corrected chi connectivity index (χ3v) is 10.8. The first-order chi connectivity index (χ1) is 23.4. The summed E-state index contributed by atoms with van der Waals surface area (Å²) in [5.41, 5.74) is -0.499. The Hall–Kier alpha value is -3.88. The van der Waals surface area contributed by atoms with Gasteiger partial charge in [-0.1, -0.05) is 23.7 Å². The zero-order valence-corrected chi connectivity index (χ0v) is 26.9. The molecule has 0 amide bonds. The number of nitrogens with one attached hydrogen (secondary N) is 1. The molecule has 8 rings (SSSR count). The molecule has 0 saturated carbocycles. The van der Waals surface area contributed by atoms with Crippen LogP contribution in [-0.4, -0.2) is 93.5 Å². The number of nitrogens with zero attached hydrogens (tertiary/aromatic N) is 5. The van der Waals surface area contributed by atoms with Gasteiger partial charge in [-0.2, -0.15) is 23.1 Å². The normalized spacial score (nSPS) is 27.2.